The Labute approximate surface area is 109 Å². The largest absolute Gasteiger partial charge is 0.468 e. The van der Waals surface area contributed by atoms with Crippen LogP contribution < -0.4 is 11.0 Å². The van der Waals surface area contributed by atoms with Gasteiger partial charge >= 0.3 is 11.7 Å². The highest BCUT2D eigenvalue weighted by Crippen LogP contribution is 2.15. The Morgan fingerprint density at radius 2 is 2.39 bits per heavy atom. The topological polar surface area (TPSA) is 89.0 Å². The zero-order chi connectivity index (χ0) is 13.5. The van der Waals surface area contributed by atoms with Crippen LogP contribution in [0.1, 0.15) is 13.3 Å². The zero-order valence-corrected chi connectivity index (χ0v) is 11.5. The molecule has 0 aliphatic heterocycles. The second kappa shape index (κ2) is 7.22. The minimum atomic E-state index is -0.415. The first-order valence-corrected chi connectivity index (χ1v) is 6.65. The van der Waals surface area contributed by atoms with Crippen molar-refractivity contribution >= 4 is 17.7 Å². The molecule has 0 aromatic carbocycles. The Kier molecular flexibility index (Phi) is 5.93. The maximum atomic E-state index is 11.5. The lowest BCUT2D eigenvalue weighted by molar-refractivity contribution is -0.142. The summed E-state index contributed by atoms with van der Waals surface area (Å²) in [5.41, 5.74) is -0.224. The smallest absolute Gasteiger partial charge is 0.343 e. The molecule has 0 fully saturated rings. The van der Waals surface area contributed by atoms with Crippen LogP contribution in [-0.4, -0.2) is 46.7 Å². The summed E-state index contributed by atoms with van der Waals surface area (Å²) in [7, 11) is 3.03. The number of aromatic amines is 1. The molecule has 18 heavy (non-hydrogen) atoms. The second-order valence-corrected chi connectivity index (χ2v) is 4.63. The first-order chi connectivity index (χ1) is 8.63. The van der Waals surface area contributed by atoms with Gasteiger partial charge in [0, 0.05) is 12.3 Å². The van der Waals surface area contributed by atoms with Crippen LogP contribution in [0.2, 0.25) is 0 Å². The molecule has 2 N–H and O–H groups in total. The summed E-state index contributed by atoms with van der Waals surface area (Å²) in [5.74, 6) is 0.127. The van der Waals surface area contributed by atoms with Gasteiger partial charge < -0.3 is 10.1 Å². The first kappa shape index (κ1) is 14.8. The van der Waals surface area contributed by atoms with Crippen LogP contribution in [0.5, 0.6) is 0 Å². The lowest BCUT2D eigenvalue weighted by atomic mass is 10.3. The maximum absolute atomic E-state index is 11.5. The number of methoxy groups -OCH3 is 1. The molecular weight excluding hydrogens is 256 g/mol. The van der Waals surface area contributed by atoms with Crippen molar-refractivity contribution in [2.45, 2.75) is 31.1 Å². The molecule has 0 saturated heterocycles. The molecule has 0 amide bonds. The number of ether oxygens (including phenoxy) is 1. The van der Waals surface area contributed by atoms with Gasteiger partial charge in [-0.05, 0) is 13.5 Å². The first-order valence-electron chi connectivity index (χ1n) is 5.67. The van der Waals surface area contributed by atoms with Crippen molar-refractivity contribution in [3.63, 3.8) is 0 Å². The average molecular weight is 274 g/mol. The zero-order valence-electron chi connectivity index (χ0n) is 10.7. The number of carbonyl (C=O) groups excluding carboxylic acids is 1. The van der Waals surface area contributed by atoms with Gasteiger partial charge in [0.25, 0.3) is 0 Å². The fourth-order valence-corrected chi connectivity index (χ4v) is 2.46. The second-order valence-electron chi connectivity index (χ2n) is 3.64. The third-order valence-electron chi connectivity index (χ3n) is 2.38. The fraction of sp³-hybridized carbons (Fsp3) is 0.700. The summed E-state index contributed by atoms with van der Waals surface area (Å²) in [6.45, 7) is 2.60. The van der Waals surface area contributed by atoms with Crippen LogP contribution in [0.4, 0.5) is 0 Å². The molecule has 1 heterocycles. The van der Waals surface area contributed by atoms with E-state index in [0.29, 0.717) is 17.5 Å². The molecule has 7 nitrogen and oxygen atoms in total. The van der Waals surface area contributed by atoms with Crippen LogP contribution in [0, 0.1) is 0 Å². The molecule has 8 heteroatoms. The molecule has 1 unspecified atom stereocenters. The molecule has 1 atom stereocenters. The highest BCUT2D eigenvalue weighted by molar-refractivity contribution is 7.99. The predicted molar refractivity (Wildman–Crippen MR) is 68.7 cm³/mol. The normalized spacial score (nSPS) is 12.4. The van der Waals surface area contributed by atoms with Crippen LogP contribution in [-0.2, 0) is 16.1 Å². The van der Waals surface area contributed by atoms with Crippen molar-refractivity contribution in [3.8, 4) is 0 Å². The van der Waals surface area contributed by atoms with Gasteiger partial charge in [0.1, 0.15) is 6.04 Å². The molecule has 0 aliphatic rings. The molecule has 1 aromatic rings. The van der Waals surface area contributed by atoms with Gasteiger partial charge in [-0.15, -0.1) is 5.10 Å². The highest BCUT2D eigenvalue weighted by Gasteiger charge is 2.18. The molecule has 0 spiro atoms. The number of hydrogen-bond donors (Lipinski definition) is 2. The van der Waals surface area contributed by atoms with Gasteiger partial charge in [-0.1, -0.05) is 18.7 Å². The Balaban J connectivity index is 2.67. The van der Waals surface area contributed by atoms with Gasteiger partial charge in [-0.3, -0.25) is 9.36 Å². The molecule has 102 valence electrons. The van der Waals surface area contributed by atoms with Gasteiger partial charge in [0.2, 0.25) is 0 Å². The van der Waals surface area contributed by atoms with E-state index in [0.717, 1.165) is 6.42 Å². The average Bonchev–Trinajstić information content (AvgIpc) is 2.72. The standard InChI is InChI=1S/C10H18N4O3S/c1-4-5-14-9(16)12-13-10(14)18-6-7(11-2)8(15)17-3/h7,11H,4-6H2,1-3H3,(H,12,16). The number of nitrogens with one attached hydrogen (secondary N) is 2. The maximum Gasteiger partial charge on any atom is 0.343 e. The number of nitrogens with zero attached hydrogens (tertiary/aromatic N) is 2. The van der Waals surface area contributed by atoms with Crippen LogP contribution in [0.25, 0.3) is 0 Å². The van der Waals surface area contributed by atoms with Gasteiger partial charge in [-0.2, -0.15) is 0 Å². The van der Waals surface area contributed by atoms with Crippen molar-refractivity contribution in [2.24, 2.45) is 0 Å². The van der Waals surface area contributed by atoms with Crippen molar-refractivity contribution < 1.29 is 9.53 Å². The summed E-state index contributed by atoms with van der Waals surface area (Å²) in [4.78, 5) is 22.8. The molecule has 0 saturated carbocycles. The SMILES string of the molecule is CCCn1c(SCC(NC)C(=O)OC)n[nH]c1=O. The van der Waals surface area contributed by atoms with Gasteiger partial charge in [0.15, 0.2) is 5.16 Å². The van der Waals surface area contributed by atoms with Crippen LogP contribution in [0.3, 0.4) is 0 Å². The predicted octanol–water partition coefficient (Wildman–Crippen LogP) is -0.165. The minimum Gasteiger partial charge on any atom is -0.468 e. The monoisotopic (exact) mass is 274 g/mol. The van der Waals surface area contributed by atoms with E-state index >= 15 is 0 Å². The van der Waals surface area contributed by atoms with Crippen molar-refractivity contribution in [1.29, 1.82) is 0 Å². The van der Waals surface area contributed by atoms with E-state index < -0.39 is 6.04 Å². The molecule has 1 rings (SSSR count). The van der Waals surface area contributed by atoms with E-state index in [1.54, 1.807) is 11.6 Å². The number of thioether (sulfide) groups is 1. The summed E-state index contributed by atoms with van der Waals surface area (Å²) in [6, 6.07) is -0.415. The quantitative estimate of drug-likeness (QED) is 0.530. The number of aromatic nitrogens is 3. The highest BCUT2D eigenvalue weighted by atomic mass is 32.2. The number of hydrogen-bond acceptors (Lipinski definition) is 6. The molecule has 1 aromatic heterocycles. The van der Waals surface area contributed by atoms with E-state index in [9.17, 15) is 9.59 Å². The lowest BCUT2D eigenvalue weighted by Gasteiger charge is -2.12. The molecule has 0 radical (unpaired) electrons. The summed E-state index contributed by atoms with van der Waals surface area (Å²) < 4.78 is 6.23. The van der Waals surface area contributed by atoms with Crippen molar-refractivity contribution in [3.05, 3.63) is 10.5 Å². The van der Waals surface area contributed by atoms with Gasteiger partial charge in [0.05, 0.1) is 7.11 Å². The Hall–Kier alpha value is -1.28. The number of rotatable bonds is 7. The molecular formula is C10H18N4O3S. The summed E-state index contributed by atoms with van der Waals surface area (Å²) in [6.07, 6.45) is 0.847. The van der Waals surface area contributed by atoms with E-state index in [2.05, 4.69) is 20.3 Å². The van der Waals surface area contributed by atoms with Crippen molar-refractivity contribution in [2.75, 3.05) is 19.9 Å². The van der Waals surface area contributed by atoms with E-state index in [1.165, 1.54) is 18.9 Å². The minimum absolute atomic E-state index is 0.224. The van der Waals surface area contributed by atoms with Crippen molar-refractivity contribution in [1.82, 2.24) is 20.1 Å². The number of likely N-dealkylation sites (N-methyl/N-ethyl adjacent to an activating group) is 1. The lowest BCUT2D eigenvalue weighted by Crippen LogP contribution is -2.37. The van der Waals surface area contributed by atoms with Crippen LogP contribution in [0.15, 0.2) is 9.95 Å². The van der Waals surface area contributed by atoms with Crippen LogP contribution >= 0.6 is 11.8 Å². The number of esters is 1. The third-order valence-corrected chi connectivity index (χ3v) is 3.45. The van der Waals surface area contributed by atoms with Gasteiger partial charge in [-0.25, -0.2) is 9.89 Å². The van der Waals surface area contributed by atoms with E-state index in [1.807, 2.05) is 6.92 Å². The number of H-pyrrole nitrogens is 1. The third kappa shape index (κ3) is 3.61. The number of carbonyl (C=O) groups is 1. The Bertz CT molecular complexity index is 443. The summed E-state index contributed by atoms with van der Waals surface area (Å²) >= 11 is 1.34. The Morgan fingerprint density at radius 3 is 2.94 bits per heavy atom. The summed E-state index contributed by atoms with van der Waals surface area (Å²) in [5, 5.41) is 9.79. The fourth-order valence-electron chi connectivity index (χ4n) is 1.40. The van der Waals surface area contributed by atoms with E-state index in [-0.39, 0.29) is 11.7 Å². The Morgan fingerprint density at radius 1 is 1.67 bits per heavy atom. The molecule has 0 bridgehead atoms. The van der Waals surface area contributed by atoms with E-state index in [4.69, 9.17) is 0 Å². The molecule has 0 aliphatic carbocycles.